The van der Waals surface area contributed by atoms with Crippen molar-refractivity contribution in [2.75, 3.05) is 0 Å². The van der Waals surface area contributed by atoms with E-state index in [1.165, 1.54) is 5.56 Å². The molecule has 0 aliphatic carbocycles. The maximum absolute atomic E-state index is 10.1. The smallest absolute Gasteiger partial charge is 0.0777 e. The Labute approximate surface area is 112 Å². The van der Waals surface area contributed by atoms with Crippen molar-refractivity contribution in [3.8, 4) is 0 Å². The lowest BCUT2D eigenvalue weighted by Gasteiger charge is -2.27. The molecule has 1 aromatic carbocycles. The number of benzene rings is 1. The van der Waals surface area contributed by atoms with Gasteiger partial charge in [0.25, 0.3) is 0 Å². The van der Waals surface area contributed by atoms with Crippen molar-refractivity contribution in [2.45, 2.75) is 40.2 Å². The molecule has 0 bridgehead atoms. The maximum Gasteiger partial charge on any atom is 0.0777 e. The quantitative estimate of drug-likeness (QED) is 0.769. The van der Waals surface area contributed by atoms with Crippen LogP contribution in [0.15, 0.2) is 43.0 Å². The van der Waals surface area contributed by atoms with E-state index in [2.05, 4.69) is 51.6 Å². The van der Waals surface area contributed by atoms with Crippen LogP contribution in [0, 0.1) is 12.3 Å². The average Bonchev–Trinajstić information content (AvgIpc) is 2.26. The fourth-order valence-electron chi connectivity index (χ4n) is 1.84. The van der Waals surface area contributed by atoms with E-state index in [-0.39, 0.29) is 6.84 Å². The molecule has 1 N–H and O–H groups in total. The molecule has 0 saturated heterocycles. The Morgan fingerprint density at radius 2 is 1.67 bits per heavy atom. The zero-order valence-electron chi connectivity index (χ0n) is 12.1. The lowest BCUT2D eigenvalue weighted by atomic mass is 9.78. The normalized spacial score (nSPS) is 13.6. The third kappa shape index (κ3) is 3.85. The molecule has 0 saturated carbocycles. The van der Waals surface area contributed by atoms with Gasteiger partial charge in [-0.25, -0.2) is 0 Å². The molecule has 0 amide bonds. The molecule has 0 heterocycles. The van der Waals surface area contributed by atoms with Crippen LogP contribution in [0.1, 0.15) is 40.2 Å². The Hall–Kier alpha value is -1.34. The van der Waals surface area contributed by atoms with Gasteiger partial charge in [0.05, 0.1) is 5.60 Å². The van der Waals surface area contributed by atoms with Gasteiger partial charge in [0.2, 0.25) is 0 Å². The second-order valence-corrected chi connectivity index (χ2v) is 6.00. The van der Waals surface area contributed by atoms with E-state index in [1.54, 1.807) is 13.8 Å². The van der Waals surface area contributed by atoms with E-state index < -0.39 is 5.60 Å². The van der Waals surface area contributed by atoms with Crippen molar-refractivity contribution in [1.29, 1.82) is 0 Å². The van der Waals surface area contributed by atoms with E-state index in [1.807, 2.05) is 12.2 Å². The molecular formula is C17H26O. The number of allylic oxidation sites excluding steroid dienone is 2. The summed E-state index contributed by atoms with van der Waals surface area (Å²) >= 11 is 0. The summed E-state index contributed by atoms with van der Waals surface area (Å²) < 4.78 is 0. The number of hydrogen-bond donors (Lipinski definition) is 1. The van der Waals surface area contributed by atoms with Gasteiger partial charge in [-0.2, -0.15) is 0 Å². The van der Waals surface area contributed by atoms with Gasteiger partial charge < -0.3 is 5.11 Å². The first-order chi connectivity index (χ1) is 8.15. The van der Waals surface area contributed by atoms with E-state index in [4.69, 9.17) is 0 Å². The van der Waals surface area contributed by atoms with Crippen LogP contribution in [0.3, 0.4) is 0 Å². The highest BCUT2D eigenvalue weighted by Gasteiger charge is 2.23. The molecule has 0 aromatic heterocycles. The summed E-state index contributed by atoms with van der Waals surface area (Å²) in [5.41, 5.74) is 2.46. The number of hydrogen-bond acceptors (Lipinski definition) is 1. The Balaban J connectivity index is 0.00000324. The van der Waals surface area contributed by atoms with Crippen LogP contribution < -0.4 is 0 Å². The van der Waals surface area contributed by atoms with Crippen LogP contribution in [0.25, 0.3) is 5.57 Å². The summed E-state index contributed by atoms with van der Waals surface area (Å²) in [6.07, 6.45) is 3.84. The summed E-state index contributed by atoms with van der Waals surface area (Å²) in [4.78, 5) is 0. The minimum absolute atomic E-state index is 0. The molecule has 0 atom stereocenters. The molecule has 0 aliphatic rings. The van der Waals surface area contributed by atoms with Gasteiger partial charge in [-0.1, -0.05) is 49.8 Å². The molecule has 100 valence electrons. The van der Waals surface area contributed by atoms with Crippen LogP contribution in [0.5, 0.6) is 0 Å². The lowest BCUT2D eigenvalue weighted by molar-refractivity contribution is 0.133. The van der Waals surface area contributed by atoms with E-state index in [9.17, 15) is 5.11 Å². The minimum atomic E-state index is -0.833. The average molecular weight is 246 g/mol. The van der Waals surface area contributed by atoms with Crippen LogP contribution in [-0.4, -0.2) is 10.7 Å². The summed E-state index contributed by atoms with van der Waals surface area (Å²) in [7, 11) is 0. The molecule has 0 fully saturated rings. The van der Waals surface area contributed by atoms with Gasteiger partial charge in [-0.15, -0.1) is 6.58 Å². The molecule has 1 rings (SSSR count). The van der Waals surface area contributed by atoms with Crippen molar-refractivity contribution in [3.05, 3.63) is 54.1 Å². The predicted molar refractivity (Wildman–Crippen MR) is 81.5 cm³/mol. The van der Waals surface area contributed by atoms with Gasteiger partial charge in [0, 0.05) is 6.84 Å². The topological polar surface area (TPSA) is 20.2 Å². The van der Waals surface area contributed by atoms with Gasteiger partial charge in [-0.05, 0) is 38.0 Å². The molecule has 1 heteroatoms. The predicted octanol–water partition coefficient (Wildman–Crippen LogP) is 4.61. The van der Waals surface area contributed by atoms with Crippen molar-refractivity contribution in [1.82, 2.24) is 0 Å². The van der Waals surface area contributed by atoms with Gasteiger partial charge in [0.15, 0.2) is 0 Å². The van der Waals surface area contributed by atoms with E-state index in [0.717, 1.165) is 11.1 Å². The molecule has 0 spiro atoms. The summed E-state index contributed by atoms with van der Waals surface area (Å²) in [5, 5.41) is 10.1. The Morgan fingerprint density at radius 1 is 1.17 bits per heavy atom. The largest absolute Gasteiger partial charge is 0.386 e. The Kier molecular flexibility index (Phi) is 4.18. The van der Waals surface area contributed by atoms with Crippen molar-refractivity contribution >= 4 is 5.57 Å². The van der Waals surface area contributed by atoms with Crippen LogP contribution in [-0.2, 0) is 0 Å². The highest BCUT2D eigenvalue weighted by Crippen LogP contribution is 2.37. The third-order valence-corrected chi connectivity index (χ3v) is 3.06. The second-order valence-electron chi connectivity index (χ2n) is 6.00. The first-order valence-corrected chi connectivity index (χ1v) is 6.32. The molecule has 0 radical (unpaired) electrons. The molecule has 1 nitrogen and oxygen atoms in total. The zero-order chi connectivity index (χ0) is 14.0. The van der Waals surface area contributed by atoms with Crippen molar-refractivity contribution in [2.24, 2.45) is 5.41 Å². The molecule has 0 unspecified atom stereocenters. The number of rotatable bonds is 4. The van der Waals surface area contributed by atoms with Crippen molar-refractivity contribution < 1.29 is 6.53 Å². The molecule has 1 aromatic rings. The Bertz CT molecular complexity index is 447. The maximum atomic E-state index is 10.1. The second kappa shape index (κ2) is 5.11. The van der Waals surface area contributed by atoms with Crippen LogP contribution in [0.2, 0.25) is 0 Å². The monoisotopic (exact) mass is 246 g/mol. The SMILES string of the molecule is C=CC(C)(C)/C(=C\C(C)(C)O)c1ccc(C)cc1.[HH]. The number of aliphatic hydroxyl groups is 1. The first-order valence-electron chi connectivity index (χ1n) is 6.32. The van der Waals surface area contributed by atoms with Gasteiger partial charge in [0.1, 0.15) is 0 Å². The Morgan fingerprint density at radius 3 is 2.06 bits per heavy atom. The zero-order valence-corrected chi connectivity index (χ0v) is 12.1. The minimum Gasteiger partial charge on any atom is -0.386 e. The van der Waals surface area contributed by atoms with Gasteiger partial charge in [-0.3, -0.25) is 0 Å². The fourth-order valence-corrected chi connectivity index (χ4v) is 1.84. The van der Waals surface area contributed by atoms with E-state index >= 15 is 0 Å². The summed E-state index contributed by atoms with van der Waals surface area (Å²) in [6.45, 7) is 13.8. The summed E-state index contributed by atoms with van der Waals surface area (Å²) in [5.74, 6) is 0. The van der Waals surface area contributed by atoms with Crippen LogP contribution in [0.4, 0.5) is 0 Å². The summed E-state index contributed by atoms with van der Waals surface area (Å²) in [6, 6.07) is 8.37. The van der Waals surface area contributed by atoms with E-state index in [0.29, 0.717) is 0 Å². The molecule has 18 heavy (non-hydrogen) atoms. The molecule has 0 aliphatic heterocycles. The van der Waals surface area contributed by atoms with Crippen molar-refractivity contribution in [3.63, 3.8) is 0 Å². The standard InChI is InChI=1S/C17H24O.H2/c1-7-16(3,4)15(12-17(5,6)18)14-10-8-13(2)9-11-14;/h7-12,18H,1H2,2-6H3;1H/b15-12-;. The fraction of sp³-hybridized carbons (Fsp3) is 0.412. The molecular weight excluding hydrogens is 220 g/mol. The highest BCUT2D eigenvalue weighted by molar-refractivity contribution is 5.72. The lowest BCUT2D eigenvalue weighted by Crippen LogP contribution is -2.19. The van der Waals surface area contributed by atoms with Crippen LogP contribution >= 0.6 is 0 Å². The highest BCUT2D eigenvalue weighted by atomic mass is 16.3. The number of aryl methyl sites for hydroxylation is 1. The van der Waals surface area contributed by atoms with Gasteiger partial charge >= 0.3 is 0 Å². The first kappa shape index (κ1) is 14.7. The third-order valence-electron chi connectivity index (χ3n) is 3.06.